The molecule has 0 saturated heterocycles. The predicted molar refractivity (Wildman–Crippen MR) is 91.6 cm³/mol. The zero-order valence-electron chi connectivity index (χ0n) is 14.2. The zero-order valence-corrected chi connectivity index (χ0v) is 15.0. The van der Waals surface area contributed by atoms with Gasteiger partial charge in [0.1, 0.15) is 15.5 Å². The maximum absolute atomic E-state index is 12.4. The Bertz CT molecular complexity index is 973. The Morgan fingerprint density at radius 3 is 2.92 bits per heavy atom. The van der Waals surface area contributed by atoms with Crippen molar-refractivity contribution in [2.24, 2.45) is 0 Å². The predicted octanol–water partition coefficient (Wildman–Crippen LogP) is 1.75. The minimum absolute atomic E-state index is 0.0218. The van der Waals surface area contributed by atoms with Gasteiger partial charge < -0.3 is 9.72 Å². The van der Waals surface area contributed by atoms with Gasteiger partial charge in [0.2, 0.25) is 0 Å². The molecule has 0 unspecified atom stereocenters. The number of ether oxygens (including phenoxy) is 1. The van der Waals surface area contributed by atoms with Crippen LogP contribution < -0.4 is 5.56 Å². The molecule has 132 valence electrons. The first kappa shape index (κ1) is 17.2. The van der Waals surface area contributed by atoms with Gasteiger partial charge in [0.25, 0.3) is 5.56 Å². The lowest BCUT2D eigenvalue weighted by atomic mass is 10.2. The Hall–Kier alpha value is -2.62. The van der Waals surface area contributed by atoms with Crippen LogP contribution in [0.25, 0.3) is 10.2 Å². The first-order chi connectivity index (χ1) is 12.0. The van der Waals surface area contributed by atoms with E-state index in [-0.39, 0.29) is 12.2 Å². The maximum Gasteiger partial charge on any atom is 0.349 e. The Morgan fingerprint density at radius 1 is 1.36 bits per heavy atom. The second-order valence-electron chi connectivity index (χ2n) is 5.64. The summed E-state index contributed by atoms with van der Waals surface area (Å²) in [7, 11) is 0. The third-order valence-corrected chi connectivity index (χ3v) is 4.93. The van der Waals surface area contributed by atoms with Crippen LogP contribution in [-0.4, -0.2) is 36.1 Å². The average molecular weight is 362 g/mol. The van der Waals surface area contributed by atoms with E-state index in [1.165, 1.54) is 0 Å². The van der Waals surface area contributed by atoms with E-state index < -0.39 is 5.97 Å². The van der Waals surface area contributed by atoms with E-state index in [0.29, 0.717) is 38.9 Å². The quantitative estimate of drug-likeness (QED) is 0.664. The zero-order chi connectivity index (χ0) is 18.0. The van der Waals surface area contributed by atoms with Crippen molar-refractivity contribution in [2.75, 3.05) is 0 Å². The number of fused-ring (bicyclic) bond motifs is 1. The van der Waals surface area contributed by atoms with Gasteiger partial charge in [-0.2, -0.15) is 0 Å². The van der Waals surface area contributed by atoms with Gasteiger partial charge in [-0.05, 0) is 36.3 Å². The molecule has 0 aliphatic rings. The van der Waals surface area contributed by atoms with Crippen LogP contribution in [0.3, 0.4) is 0 Å². The Kier molecular flexibility index (Phi) is 4.88. The fourth-order valence-electron chi connectivity index (χ4n) is 2.45. The number of aromatic nitrogens is 6. The minimum atomic E-state index is -0.511. The van der Waals surface area contributed by atoms with E-state index in [9.17, 15) is 9.59 Å². The number of unbranched alkanes of at least 4 members (excludes halogenated alkanes) is 1. The largest absolute Gasteiger partial charge is 0.453 e. The van der Waals surface area contributed by atoms with Crippen molar-refractivity contribution in [3.8, 4) is 0 Å². The van der Waals surface area contributed by atoms with Crippen molar-refractivity contribution in [1.29, 1.82) is 0 Å². The molecule has 3 aromatic rings. The van der Waals surface area contributed by atoms with E-state index in [2.05, 4.69) is 32.4 Å². The molecule has 3 heterocycles. The van der Waals surface area contributed by atoms with Crippen LogP contribution in [-0.2, 0) is 17.9 Å². The molecular weight excluding hydrogens is 344 g/mol. The van der Waals surface area contributed by atoms with Crippen molar-refractivity contribution in [3.63, 3.8) is 0 Å². The number of rotatable bonds is 6. The second-order valence-corrected chi connectivity index (χ2v) is 6.63. The van der Waals surface area contributed by atoms with Gasteiger partial charge in [0.15, 0.2) is 12.4 Å². The standard InChI is InChI=1S/C15H18N6O3S/c1-4-5-6-21-10(18-19-20-21)7-24-15(23)12-8(2)11-13(22)16-9(3)17-14(11)25-12/h4-7H2,1-3H3,(H,16,17,22). The number of thiophene rings is 1. The highest BCUT2D eigenvalue weighted by molar-refractivity contribution is 7.20. The number of hydrogen-bond acceptors (Lipinski definition) is 8. The van der Waals surface area contributed by atoms with Gasteiger partial charge in [0.05, 0.1) is 5.39 Å². The smallest absolute Gasteiger partial charge is 0.349 e. The molecule has 25 heavy (non-hydrogen) atoms. The molecule has 0 amide bonds. The summed E-state index contributed by atoms with van der Waals surface area (Å²) in [5, 5.41) is 11.8. The molecule has 0 spiro atoms. The normalized spacial score (nSPS) is 11.2. The first-order valence-electron chi connectivity index (χ1n) is 7.93. The molecule has 0 saturated carbocycles. The van der Waals surface area contributed by atoms with Crippen LogP contribution in [0.2, 0.25) is 0 Å². The lowest BCUT2D eigenvalue weighted by molar-refractivity contribution is 0.0461. The highest BCUT2D eigenvalue weighted by Gasteiger charge is 2.21. The molecule has 0 aliphatic heterocycles. The van der Waals surface area contributed by atoms with Crippen molar-refractivity contribution in [1.82, 2.24) is 30.2 Å². The minimum Gasteiger partial charge on any atom is -0.453 e. The molecule has 1 N–H and O–H groups in total. The first-order valence-corrected chi connectivity index (χ1v) is 8.75. The Morgan fingerprint density at radius 2 is 2.16 bits per heavy atom. The maximum atomic E-state index is 12.4. The van der Waals surface area contributed by atoms with Crippen LogP contribution in [0.5, 0.6) is 0 Å². The third kappa shape index (κ3) is 3.43. The van der Waals surface area contributed by atoms with E-state index in [1.807, 2.05) is 0 Å². The van der Waals surface area contributed by atoms with E-state index in [1.54, 1.807) is 18.5 Å². The molecule has 3 aromatic heterocycles. The molecule has 0 fully saturated rings. The van der Waals surface area contributed by atoms with E-state index in [4.69, 9.17) is 4.74 Å². The van der Waals surface area contributed by atoms with Gasteiger partial charge in [-0.3, -0.25) is 4.79 Å². The summed E-state index contributed by atoms with van der Waals surface area (Å²) in [5.41, 5.74) is 0.322. The molecule has 3 rings (SSSR count). The molecule has 0 radical (unpaired) electrons. The summed E-state index contributed by atoms with van der Waals surface area (Å²) in [5.74, 6) is 0.490. The van der Waals surface area contributed by atoms with Gasteiger partial charge in [-0.15, -0.1) is 16.4 Å². The highest BCUT2D eigenvalue weighted by atomic mass is 32.1. The second kappa shape index (κ2) is 7.09. The fraction of sp³-hybridized carbons (Fsp3) is 0.467. The van der Waals surface area contributed by atoms with E-state index in [0.717, 1.165) is 24.2 Å². The fourth-order valence-corrected chi connectivity index (χ4v) is 3.57. The molecule has 10 heteroatoms. The van der Waals surface area contributed by atoms with Crippen molar-refractivity contribution in [3.05, 3.63) is 32.4 Å². The summed E-state index contributed by atoms with van der Waals surface area (Å²) in [6.07, 6.45) is 1.95. The number of carbonyl (C=O) groups is 1. The number of tetrazole rings is 1. The number of nitrogens with one attached hydrogen (secondary N) is 1. The van der Waals surface area contributed by atoms with E-state index >= 15 is 0 Å². The van der Waals surface area contributed by atoms with Crippen molar-refractivity contribution in [2.45, 2.75) is 46.8 Å². The molecule has 0 atom stereocenters. The molecule has 9 nitrogen and oxygen atoms in total. The molecular formula is C15H18N6O3S. The van der Waals surface area contributed by atoms with Crippen molar-refractivity contribution >= 4 is 27.5 Å². The Labute approximate surface area is 147 Å². The number of aryl methyl sites for hydroxylation is 3. The number of hydrogen-bond donors (Lipinski definition) is 1. The van der Waals surface area contributed by atoms with Crippen molar-refractivity contribution < 1.29 is 9.53 Å². The van der Waals surface area contributed by atoms with Gasteiger partial charge in [-0.1, -0.05) is 13.3 Å². The molecule has 0 aliphatic carbocycles. The lowest BCUT2D eigenvalue weighted by Gasteiger charge is -2.05. The third-order valence-electron chi connectivity index (χ3n) is 3.77. The summed E-state index contributed by atoms with van der Waals surface area (Å²) in [4.78, 5) is 32.3. The number of H-pyrrole nitrogens is 1. The average Bonchev–Trinajstić information content (AvgIpc) is 3.14. The highest BCUT2D eigenvalue weighted by Crippen LogP contribution is 2.27. The summed E-state index contributed by atoms with van der Waals surface area (Å²) in [6.45, 7) is 6.14. The topological polar surface area (TPSA) is 116 Å². The SMILES string of the molecule is CCCCn1nnnc1COC(=O)c1sc2nc(C)[nH]c(=O)c2c1C. The van der Waals surface area contributed by atoms with Gasteiger partial charge in [-0.25, -0.2) is 14.5 Å². The van der Waals surface area contributed by atoms with Crippen LogP contribution in [0, 0.1) is 13.8 Å². The van der Waals surface area contributed by atoms with Gasteiger partial charge in [0, 0.05) is 6.54 Å². The van der Waals surface area contributed by atoms with Crippen LogP contribution in [0.15, 0.2) is 4.79 Å². The number of aromatic amines is 1. The van der Waals surface area contributed by atoms with Crippen LogP contribution >= 0.6 is 11.3 Å². The lowest BCUT2D eigenvalue weighted by Crippen LogP contribution is -2.12. The number of esters is 1. The summed E-state index contributed by atoms with van der Waals surface area (Å²) in [6, 6.07) is 0. The molecule has 0 aromatic carbocycles. The van der Waals surface area contributed by atoms with Crippen LogP contribution in [0.1, 0.15) is 46.6 Å². The number of carbonyl (C=O) groups excluding carboxylic acids is 1. The van der Waals surface area contributed by atoms with Gasteiger partial charge >= 0.3 is 5.97 Å². The Balaban J connectivity index is 1.79. The number of nitrogens with zero attached hydrogens (tertiary/aromatic N) is 5. The molecule has 0 bridgehead atoms. The summed E-state index contributed by atoms with van der Waals surface area (Å²) < 4.78 is 6.97. The summed E-state index contributed by atoms with van der Waals surface area (Å²) >= 11 is 1.15. The monoisotopic (exact) mass is 362 g/mol. The van der Waals surface area contributed by atoms with Crippen LogP contribution in [0.4, 0.5) is 0 Å².